The number of rotatable bonds is 3. The minimum atomic E-state index is 0.0244. The highest BCUT2D eigenvalue weighted by molar-refractivity contribution is 7.10. The van der Waals surface area contributed by atoms with Crippen LogP contribution < -0.4 is 10.1 Å². The van der Waals surface area contributed by atoms with Crippen molar-refractivity contribution in [2.45, 2.75) is 12.8 Å². The molecule has 0 bridgehead atoms. The summed E-state index contributed by atoms with van der Waals surface area (Å²) in [6.07, 6.45) is 1.36. The van der Waals surface area contributed by atoms with E-state index in [1.54, 1.807) is 11.3 Å². The molecule has 0 saturated heterocycles. The van der Waals surface area contributed by atoms with Crippen molar-refractivity contribution < 1.29 is 9.53 Å². The third kappa shape index (κ3) is 2.38. The largest absolute Gasteiger partial charge is 0.493 e. The molecule has 1 aliphatic rings. The fourth-order valence-electron chi connectivity index (χ4n) is 2.04. The number of benzene rings is 1. The second-order valence-electron chi connectivity index (χ2n) is 4.23. The van der Waals surface area contributed by atoms with Crippen molar-refractivity contribution in [3.8, 4) is 5.75 Å². The van der Waals surface area contributed by atoms with Crippen molar-refractivity contribution >= 4 is 22.9 Å². The van der Waals surface area contributed by atoms with Crippen LogP contribution in [0.25, 0.3) is 0 Å². The van der Waals surface area contributed by atoms with Crippen molar-refractivity contribution in [2.24, 2.45) is 0 Å². The highest BCUT2D eigenvalue weighted by Gasteiger charge is 2.13. The fourth-order valence-corrected chi connectivity index (χ4v) is 2.74. The number of hydrogen-bond donors (Lipinski definition) is 1. The number of carbonyl (C=O) groups is 1. The monoisotopic (exact) mass is 259 g/mol. The Morgan fingerprint density at radius 2 is 2.33 bits per heavy atom. The van der Waals surface area contributed by atoms with Gasteiger partial charge in [0.15, 0.2) is 0 Å². The van der Waals surface area contributed by atoms with Gasteiger partial charge >= 0.3 is 0 Å². The summed E-state index contributed by atoms with van der Waals surface area (Å²) in [5, 5.41) is 4.90. The van der Waals surface area contributed by atoms with Crippen molar-refractivity contribution in [3.63, 3.8) is 0 Å². The topological polar surface area (TPSA) is 38.3 Å². The molecule has 0 spiro atoms. The molecule has 3 nitrogen and oxygen atoms in total. The Morgan fingerprint density at radius 3 is 3.17 bits per heavy atom. The van der Waals surface area contributed by atoms with Gasteiger partial charge in [0.25, 0.3) is 0 Å². The van der Waals surface area contributed by atoms with E-state index < -0.39 is 0 Å². The molecule has 1 aromatic heterocycles. The summed E-state index contributed by atoms with van der Waals surface area (Å²) in [5.41, 5.74) is 2.02. The molecule has 1 aliphatic heterocycles. The van der Waals surface area contributed by atoms with E-state index >= 15 is 0 Å². The summed E-state index contributed by atoms with van der Waals surface area (Å²) in [7, 11) is 0. The molecule has 18 heavy (non-hydrogen) atoms. The Balaban J connectivity index is 1.67. The van der Waals surface area contributed by atoms with Crippen LogP contribution in [0.15, 0.2) is 35.7 Å². The molecule has 4 heteroatoms. The van der Waals surface area contributed by atoms with E-state index in [2.05, 4.69) is 5.32 Å². The quantitative estimate of drug-likeness (QED) is 0.920. The van der Waals surface area contributed by atoms with E-state index in [9.17, 15) is 4.79 Å². The average Bonchev–Trinajstić information content (AvgIpc) is 2.98. The average molecular weight is 259 g/mol. The number of thiophene rings is 1. The zero-order valence-electron chi connectivity index (χ0n) is 9.81. The molecule has 0 radical (unpaired) electrons. The maximum atomic E-state index is 11.8. The lowest BCUT2D eigenvalue weighted by Crippen LogP contribution is -2.13. The second-order valence-corrected chi connectivity index (χ2v) is 5.26. The van der Waals surface area contributed by atoms with Gasteiger partial charge in [-0.15, -0.1) is 11.3 Å². The van der Waals surface area contributed by atoms with Gasteiger partial charge in [-0.1, -0.05) is 6.07 Å². The molecular formula is C14H13NO2S. The van der Waals surface area contributed by atoms with E-state index in [1.165, 1.54) is 5.56 Å². The zero-order valence-corrected chi connectivity index (χ0v) is 10.6. The third-order valence-electron chi connectivity index (χ3n) is 2.89. The molecule has 1 N–H and O–H groups in total. The number of ether oxygens (including phenoxy) is 1. The van der Waals surface area contributed by atoms with Crippen molar-refractivity contribution in [3.05, 3.63) is 46.2 Å². The molecule has 2 heterocycles. The summed E-state index contributed by atoms with van der Waals surface area (Å²) in [5.74, 6) is 0.961. The number of anilines is 1. The number of nitrogens with one attached hydrogen (secondary N) is 1. The van der Waals surface area contributed by atoms with Gasteiger partial charge in [0.1, 0.15) is 5.75 Å². The molecule has 1 aromatic carbocycles. The Labute approximate surface area is 109 Å². The van der Waals surface area contributed by atoms with Crippen molar-refractivity contribution in [1.29, 1.82) is 0 Å². The van der Waals surface area contributed by atoms with Crippen LogP contribution in [0.5, 0.6) is 5.75 Å². The first kappa shape index (κ1) is 11.3. The first-order valence-electron chi connectivity index (χ1n) is 5.89. The van der Waals surface area contributed by atoms with Crippen molar-refractivity contribution in [1.82, 2.24) is 0 Å². The highest BCUT2D eigenvalue weighted by Crippen LogP contribution is 2.27. The first-order chi connectivity index (χ1) is 8.81. The Kier molecular flexibility index (Phi) is 3.02. The lowest BCUT2D eigenvalue weighted by molar-refractivity contribution is -0.115. The highest BCUT2D eigenvalue weighted by atomic mass is 32.1. The summed E-state index contributed by atoms with van der Waals surface area (Å²) >= 11 is 1.60. The zero-order chi connectivity index (χ0) is 12.4. The Bertz CT molecular complexity index is 563. The summed E-state index contributed by atoms with van der Waals surface area (Å²) in [6, 6.07) is 9.73. The van der Waals surface area contributed by atoms with Crippen LogP contribution in [0.4, 0.5) is 5.69 Å². The van der Waals surface area contributed by atoms with Crippen LogP contribution >= 0.6 is 11.3 Å². The molecule has 0 atom stereocenters. The number of carbonyl (C=O) groups excluding carboxylic acids is 1. The molecule has 1 amide bonds. The van der Waals surface area contributed by atoms with Crippen molar-refractivity contribution in [2.75, 3.05) is 11.9 Å². The standard InChI is InChI=1S/C14H13NO2S/c16-14(9-12-2-1-7-18-12)15-11-3-4-13-10(8-11)5-6-17-13/h1-4,7-8H,5-6,9H2,(H,15,16). The van der Waals surface area contributed by atoms with Crippen LogP contribution in [0.2, 0.25) is 0 Å². The SMILES string of the molecule is O=C(Cc1cccs1)Nc1ccc2c(c1)CCO2. The third-order valence-corrected chi connectivity index (χ3v) is 3.76. The van der Waals surface area contributed by atoms with E-state index in [4.69, 9.17) is 4.74 Å². The predicted molar refractivity (Wildman–Crippen MR) is 72.3 cm³/mol. The number of fused-ring (bicyclic) bond motifs is 1. The number of hydrogen-bond acceptors (Lipinski definition) is 3. The predicted octanol–water partition coefficient (Wildman–Crippen LogP) is 2.86. The molecule has 0 unspecified atom stereocenters. The van der Waals surface area contributed by atoms with E-state index in [0.717, 1.165) is 29.3 Å². The first-order valence-corrected chi connectivity index (χ1v) is 6.77. The van der Waals surface area contributed by atoms with E-state index in [0.29, 0.717) is 6.42 Å². The molecule has 2 aromatic rings. The normalized spacial score (nSPS) is 12.9. The number of amides is 1. The van der Waals surface area contributed by atoms with Crippen LogP contribution in [0.1, 0.15) is 10.4 Å². The van der Waals surface area contributed by atoms with Gasteiger partial charge in [0.2, 0.25) is 5.91 Å². The molecule has 0 fully saturated rings. The summed E-state index contributed by atoms with van der Waals surface area (Å²) in [6.45, 7) is 0.738. The van der Waals surface area contributed by atoms with Gasteiger partial charge < -0.3 is 10.1 Å². The fraction of sp³-hybridized carbons (Fsp3) is 0.214. The van der Waals surface area contributed by atoms with E-state index in [-0.39, 0.29) is 5.91 Å². The van der Waals surface area contributed by atoms with Gasteiger partial charge in [-0.3, -0.25) is 4.79 Å². The molecule has 0 saturated carbocycles. The molecule has 0 aliphatic carbocycles. The maximum absolute atomic E-state index is 11.8. The van der Waals surface area contributed by atoms with Crippen LogP contribution in [-0.2, 0) is 17.6 Å². The van der Waals surface area contributed by atoms with Gasteiger partial charge in [-0.25, -0.2) is 0 Å². The van der Waals surface area contributed by atoms with Gasteiger partial charge in [0.05, 0.1) is 13.0 Å². The lowest BCUT2D eigenvalue weighted by atomic mass is 10.1. The summed E-state index contributed by atoms with van der Waals surface area (Å²) < 4.78 is 5.43. The van der Waals surface area contributed by atoms with Crippen LogP contribution in [0, 0.1) is 0 Å². The minimum absolute atomic E-state index is 0.0244. The molecular weight excluding hydrogens is 246 g/mol. The molecule has 92 valence electrons. The second kappa shape index (κ2) is 4.82. The smallest absolute Gasteiger partial charge is 0.229 e. The molecule has 3 rings (SSSR count). The van der Waals surface area contributed by atoms with Gasteiger partial charge in [-0.2, -0.15) is 0 Å². The van der Waals surface area contributed by atoms with Crippen LogP contribution in [0.3, 0.4) is 0 Å². The van der Waals surface area contributed by atoms with Gasteiger partial charge in [-0.05, 0) is 35.2 Å². The minimum Gasteiger partial charge on any atom is -0.493 e. The maximum Gasteiger partial charge on any atom is 0.229 e. The lowest BCUT2D eigenvalue weighted by Gasteiger charge is -2.06. The Hall–Kier alpha value is -1.81. The van der Waals surface area contributed by atoms with Crippen LogP contribution in [-0.4, -0.2) is 12.5 Å². The van der Waals surface area contributed by atoms with Gasteiger partial charge in [0, 0.05) is 17.0 Å². The Morgan fingerprint density at radius 1 is 1.39 bits per heavy atom. The summed E-state index contributed by atoms with van der Waals surface area (Å²) in [4.78, 5) is 12.9. The van der Waals surface area contributed by atoms with E-state index in [1.807, 2.05) is 35.7 Å².